The van der Waals surface area contributed by atoms with Gasteiger partial charge in [-0.05, 0) is 12.1 Å². The van der Waals surface area contributed by atoms with Gasteiger partial charge in [0, 0.05) is 24.9 Å². The van der Waals surface area contributed by atoms with Crippen LogP contribution < -0.4 is 10.1 Å². The molecule has 1 fully saturated rings. The summed E-state index contributed by atoms with van der Waals surface area (Å²) in [5, 5.41) is 11.4. The molecule has 2 N–H and O–H groups in total. The van der Waals surface area contributed by atoms with Crippen LogP contribution in [0.15, 0.2) is 24.3 Å². The number of hydrogen-bond acceptors (Lipinski definition) is 4. The van der Waals surface area contributed by atoms with Crippen LogP contribution in [0.1, 0.15) is 6.42 Å². The fraction of sp³-hybridized carbons (Fsp3) is 0.417. The first-order chi connectivity index (χ1) is 8.63. The lowest BCUT2D eigenvalue weighted by Gasteiger charge is -2.11. The zero-order valence-corrected chi connectivity index (χ0v) is 9.64. The van der Waals surface area contributed by atoms with E-state index >= 15 is 0 Å². The molecule has 6 heteroatoms. The molecule has 1 aromatic carbocycles. The Balaban J connectivity index is 1.77. The Bertz CT molecular complexity index is 426. The molecule has 0 radical (unpaired) electrons. The summed E-state index contributed by atoms with van der Waals surface area (Å²) in [6.45, 7) is 1.02. The highest BCUT2D eigenvalue weighted by atomic mass is 19.1. The molecule has 0 spiro atoms. The topological polar surface area (TPSA) is 67.8 Å². The maximum atomic E-state index is 12.9. The Hall–Kier alpha value is -1.82. The second-order valence-electron chi connectivity index (χ2n) is 4.15. The van der Waals surface area contributed by atoms with Gasteiger partial charge in [-0.15, -0.1) is 0 Å². The van der Waals surface area contributed by atoms with Gasteiger partial charge in [0.2, 0.25) is 0 Å². The first-order valence-corrected chi connectivity index (χ1v) is 5.65. The molecule has 1 aliphatic rings. The van der Waals surface area contributed by atoms with Crippen molar-refractivity contribution in [2.75, 3.05) is 13.2 Å². The first-order valence-electron chi connectivity index (χ1n) is 5.65. The third-order valence-corrected chi connectivity index (χ3v) is 2.71. The molecule has 0 aromatic heterocycles. The van der Waals surface area contributed by atoms with Gasteiger partial charge in [-0.3, -0.25) is 5.32 Å². The van der Waals surface area contributed by atoms with Crippen molar-refractivity contribution in [3.05, 3.63) is 30.1 Å². The van der Waals surface area contributed by atoms with Gasteiger partial charge in [0.25, 0.3) is 0 Å². The normalized spacial score (nSPS) is 22.7. The number of carbonyl (C=O) groups is 1. The molecule has 0 amide bonds. The minimum Gasteiger partial charge on any atom is -0.493 e. The van der Waals surface area contributed by atoms with Gasteiger partial charge < -0.3 is 14.6 Å². The van der Waals surface area contributed by atoms with Crippen LogP contribution in [0.25, 0.3) is 0 Å². The van der Waals surface area contributed by atoms with Crippen LogP contribution >= 0.6 is 0 Å². The number of rotatable bonds is 4. The minimum absolute atomic E-state index is 0.151. The zero-order chi connectivity index (χ0) is 13.0. The highest BCUT2D eigenvalue weighted by molar-refractivity contribution is 5.57. The summed E-state index contributed by atoms with van der Waals surface area (Å²) in [4.78, 5) is 10.3. The average Bonchev–Trinajstić information content (AvgIpc) is 2.73. The van der Waals surface area contributed by atoms with E-state index in [4.69, 9.17) is 9.84 Å². The smallest absolute Gasteiger partial charge is 0.493 e. The van der Waals surface area contributed by atoms with Crippen LogP contribution in [0.4, 0.5) is 9.18 Å². The fourth-order valence-corrected chi connectivity index (χ4v) is 1.88. The highest BCUT2D eigenvalue weighted by Crippen LogP contribution is 2.18. The number of ether oxygens (including phenoxy) is 2. The van der Waals surface area contributed by atoms with Crippen molar-refractivity contribution < 1.29 is 23.8 Å². The molecule has 0 saturated carbocycles. The van der Waals surface area contributed by atoms with Gasteiger partial charge in [0.15, 0.2) is 6.23 Å². The molecule has 0 aliphatic carbocycles. The van der Waals surface area contributed by atoms with E-state index in [-0.39, 0.29) is 11.7 Å². The maximum Gasteiger partial charge on any atom is 0.507 e. The largest absolute Gasteiger partial charge is 0.507 e. The molecule has 1 saturated heterocycles. The number of carboxylic acid groups (broad SMARTS) is 1. The van der Waals surface area contributed by atoms with E-state index in [1.165, 1.54) is 12.1 Å². The molecule has 2 atom stereocenters. The second-order valence-corrected chi connectivity index (χ2v) is 4.15. The summed E-state index contributed by atoms with van der Waals surface area (Å²) in [6.07, 6.45) is -1.22. The predicted molar refractivity (Wildman–Crippen MR) is 60.9 cm³/mol. The Morgan fingerprint density at radius 3 is 3.11 bits per heavy atom. The van der Waals surface area contributed by atoms with Gasteiger partial charge in [-0.25, -0.2) is 9.18 Å². The monoisotopic (exact) mass is 255 g/mol. The summed E-state index contributed by atoms with van der Waals surface area (Å²) in [5.41, 5.74) is 0. The van der Waals surface area contributed by atoms with Crippen LogP contribution in [0.5, 0.6) is 5.75 Å². The van der Waals surface area contributed by atoms with Crippen LogP contribution in [0.3, 0.4) is 0 Å². The molecule has 5 nitrogen and oxygen atoms in total. The molecule has 0 unspecified atom stereocenters. The average molecular weight is 255 g/mol. The Labute approximate surface area is 104 Å². The van der Waals surface area contributed by atoms with Crippen molar-refractivity contribution in [3.63, 3.8) is 0 Å². The van der Waals surface area contributed by atoms with Crippen molar-refractivity contribution in [1.82, 2.24) is 5.32 Å². The number of halogens is 1. The van der Waals surface area contributed by atoms with E-state index < -0.39 is 12.4 Å². The second kappa shape index (κ2) is 5.68. The SMILES string of the molecule is O=C(O)O[C@H]1C[C@H](COc2cccc(F)c2)CN1. The van der Waals surface area contributed by atoms with Gasteiger partial charge in [0.05, 0.1) is 6.61 Å². The van der Waals surface area contributed by atoms with Crippen molar-refractivity contribution in [2.45, 2.75) is 12.6 Å². The van der Waals surface area contributed by atoms with Crippen LogP contribution in [-0.2, 0) is 4.74 Å². The molecule has 1 heterocycles. The molecule has 2 rings (SSSR count). The van der Waals surface area contributed by atoms with E-state index in [0.717, 1.165) is 0 Å². The van der Waals surface area contributed by atoms with E-state index in [9.17, 15) is 9.18 Å². The van der Waals surface area contributed by atoms with E-state index in [0.29, 0.717) is 25.3 Å². The number of nitrogens with one attached hydrogen (secondary N) is 1. The van der Waals surface area contributed by atoms with Crippen molar-refractivity contribution in [3.8, 4) is 5.75 Å². The highest BCUT2D eigenvalue weighted by Gasteiger charge is 2.27. The number of benzene rings is 1. The fourth-order valence-electron chi connectivity index (χ4n) is 1.88. The lowest BCUT2D eigenvalue weighted by Crippen LogP contribution is -2.26. The van der Waals surface area contributed by atoms with E-state index in [2.05, 4.69) is 10.1 Å². The Morgan fingerprint density at radius 2 is 2.39 bits per heavy atom. The molecular formula is C12H14FNO4. The molecule has 1 aliphatic heterocycles. The molecule has 98 valence electrons. The van der Waals surface area contributed by atoms with E-state index in [1.807, 2.05) is 0 Å². The lowest BCUT2D eigenvalue weighted by atomic mass is 10.1. The first kappa shape index (κ1) is 12.6. The summed E-state index contributed by atoms with van der Waals surface area (Å²) >= 11 is 0. The van der Waals surface area contributed by atoms with Crippen molar-refractivity contribution in [2.24, 2.45) is 5.92 Å². The van der Waals surface area contributed by atoms with Crippen LogP contribution in [0, 0.1) is 11.7 Å². The third-order valence-electron chi connectivity index (χ3n) is 2.71. The molecule has 1 aromatic rings. The summed E-state index contributed by atoms with van der Waals surface area (Å²) < 4.78 is 22.9. The van der Waals surface area contributed by atoms with Gasteiger partial charge in [0.1, 0.15) is 11.6 Å². The predicted octanol–water partition coefficient (Wildman–Crippen LogP) is 1.83. The zero-order valence-electron chi connectivity index (χ0n) is 9.64. The van der Waals surface area contributed by atoms with Crippen LogP contribution in [-0.4, -0.2) is 30.6 Å². The molecular weight excluding hydrogens is 241 g/mol. The van der Waals surface area contributed by atoms with Crippen molar-refractivity contribution >= 4 is 6.16 Å². The van der Waals surface area contributed by atoms with Gasteiger partial charge in [-0.1, -0.05) is 6.07 Å². The Kier molecular flexibility index (Phi) is 3.99. The standard InChI is InChI=1S/C12H14FNO4/c13-9-2-1-3-10(5-9)17-7-8-4-11(14-6-8)18-12(15)16/h1-3,5,8,11,14H,4,6-7H2,(H,15,16)/t8-,11-/m0/s1. The summed E-state index contributed by atoms with van der Waals surface area (Å²) in [5.74, 6) is 0.277. The molecule has 18 heavy (non-hydrogen) atoms. The summed E-state index contributed by atoms with van der Waals surface area (Å²) in [6, 6.07) is 5.92. The maximum absolute atomic E-state index is 12.9. The van der Waals surface area contributed by atoms with Crippen LogP contribution in [0.2, 0.25) is 0 Å². The Morgan fingerprint density at radius 1 is 1.56 bits per heavy atom. The van der Waals surface area contributed by atoms with Gasteiger partial charge in [-0.2, -0.15) is 0 Å². The quantitative estimate of drug-likeness (QED) is 0.803. The minimum atomic E-state index is -1.29. The molecule has 0 bridgehead atoms. The lowest BCUT2D eigenvalue weighted by molar-refractivity contribution is 0.0433. The number of hydrogen-bond donors (Lipinski definition) is 2. The van der Waals surface area contributed by atoms with Crippen molar-refractivity contribution in [1.29, 1.82) is 0 Å². The third kappa shape index (κ3) is 3.59. The van der Waals surface area contributed by atoms with E-state index in [1.54, 1.807) is 12.1 Å². The summed E-state index contributed by atoms with van der Waals surface area (Å²) in [7, 11) is 0. The van der Waals surface area contributed by atoms with Gasteiger partial charge >= 0.3 is 6.16 Å².